The number of aromatic nitrogens is 2. The van der Waals surface area contributed by atoms with Crippen molar-refractivity contribution >= 4 is 23.7 Å². The van der Waals surface area contributed by atoms with Crippen molar-refractivity contribution in [2.45, 2.75) is 52.0 Å². The number of amides is 4. The number of nitrogens with one attached hydrogen (secondary N) is 1. The van der Waals surface area contributed by atoms with Crippen LogP contribution in [0.3, 0.4) is 0 Å². The minimum absolute atomic E-state index is 0.220. The van der Waals surface area contributed by atoms with Crippen LogP contribution in [0.2, 0.25) is 0 Å². The number of carbonyl (C=O) groups is 3. The molecule has 2 aliphatic heterocycles. The Hall–Kier alpha value is -3.49. The molecule has 186 valence electrons. The first-order valence-corrected chi connectivity index (χ1v) is 12.2. The monoisotopic (exact) mass is 478 g/mol. The van der Waals surface area contributed by atoms with Gasteiger partial charge in [-0.15, -0.1) is 0 Å². The Bertz CT molecular complexity index is 1100. The van der Waals surface area contributed by atoms with E-state index in [1.807, 2.05) is 43.3 Å². The maximum Gasteiger partial charge on any atom is 0.325 e. The van der Waals surface area contributed by atoms with Gasteiger partial charge in [0.1, 0.15) is 23.7 Å². The van der Waals surface area contributed by atoms with E-state index in [4.69, 9.17) is 4.98 Å². The standard InChI is InChI=1S/C26H34N6O3/c1-18(2)23-27-19(3)16-21(28-23)30-12-14-31(15-13-30)22(33)17-32-24(34)26(4,29-25(32)35)11-10-20-8-6-5-7-9-20/h5-9,16,18H,10-15,17H2,1-4H3,(H,29,35)/t26-/m1/s1. The molecule has 0 saturated carbocycles. The van der Waals surface area contributed by atoms with Crippen LogP contribution >= 0.6 is 0 Å². The molecule has 2 fully saturated rings. The molecule has 9 heteroatoms. The molecule has 1 N–H and O–H groups in total. The van der Waals surface area contributed by atoms with Crippen LogP contribution in [-0.4, -0.2) is 75.9 Å². The van der Waals surface area contributed by atoms with E-state index in [9.17, 15) is 14.4 Å². The molecule has 4 amide bonds. The molecule has 2 aromatic rings. The van der Waals surface area contributed by atoms with Crippen LogP contribution in [0.15, 0.2) is 36.4 Å². The number of carbonyl (C=O) groups excluding carboxylic acids is 3. The van der Waals surface area contributed by atoms with E-state index in [0.29, 0.717) is 39.0 Å². The predicted molar refractivity (Wildman–Crippen MR) is 133 cm³/mol. The van der Waals surface area contributed by atoms with Crippen LogP contribution < -0.4 is 10.2 Å². The highest BCUT2D eigenvalue weighted by Gasteiger charge is 2.48. The van der Waals surface area contributed by atoms with Gasteiger partial charge in [-0.05, 0) is 32.3 Å². The van der Waals surface area contributed by atoms with Crippen molar-refractivity contribution in [3.8, 4) is 0 Å². The lowest BCUT2D eigenvalue weighted by atomic mass is 9.93. The number of piperazine rings is 1. The fourth-order valence-corrected chi connectivity index (χ4v) is 4.51. The average molecular weight is 479 g/mol. The lowest BCUT2D eigenvalue weighted by molar-refractivity contribution is -0.139. The average Bonchev–Trinajstić information content (AvgIpc) is 3.06. The fraction of sp³-hybridized carbons (Fsp3) is 0.500. The van der Waals surface area contributed by atoms with E-state index in [1.165, 1.54) is 0 Å². The van der Waals surface area contributed by atoms with E-state index in [-0.39, 0.29) is 24.3 Å². The molecule has 1 aromatic heterocycles. The van der Waals surface area contributed by atoms with Gasteiger partial charge in [0.25, 0.3) is 5.91 Å². The van der Waals surface area contributed by atoms with Gasteiger partial charge in [0.2, 0.25) is 5.91 Å². The van der Waals surface area contributed by atoms with Gasteiger partial charge in [-0.2, -0.15) is 0 Å². The highest BCUT2D eigenvalue weighted by atomic mass is 16.2. The van der Waals surface area contributed by atoms with Crippen molar-refractivity contribution < 1.29 is 14.4 Å². The predicted octanol–water partition coefficient (Wildman–Crippen LogP) is 2.50. The summed E-state index contributed by atoms with van der Waals surface area (Å²) in [6.07, 6.45) is 1.13. The molecule has 4 rings (SSSR count). The molecule has 0 unspecified atom stereocenters. The van der Waals surface area contributed by atoms with Crippen LogP contribution in [-0.2, 0) is 16.0 Å². The minimum Gasteiger partial charge on any atom is -0.353 e. The zero-order valence-electron chi connectivity index (χ0n) is 21.0. The summed E-state index contributed by atoms with van der Waals surface area (Å²) < 4.78 is 0. The van der Waals surface area contributed by atoms with E-state index in [0.717, 1.165) is 27.8 Å². The van der Waals surface area contributed by atoms with Crippen LogP contribution in [0.4, 0.5) is 10.6 Å². The maximum atomic E-state index is 13.1. The van der Waals surface area contributed by atoms with Crippen molar-refractivity contribution in [3.05, 3.63) is 53.5 Å². The summed E-state index contributed by atoms with van der Waals surface area (Å²) in [6.45, 7) is 9.87. The second-order valence-corrected chi connectivity index (χ2v) is 9.89. The summed E-state index contributed by atoms with van der Waals surface area (Å²) in [5.41, 5.74) is 1.01. The Morgan fingerprint density at radius 2 is 1.77 bits per heavy atom. The topological polar surface area (TPSA) is 98.7 Å². The second-order valence-electron chi connectivity index (χ2n) is 9.89. The molecule has 9 nitrogen and oxygen atoms in total. The van der Waals surface area contributed by atoms with E-state index >= 15 is 0 Å². The lowest BCUT2D eigenvalue weighted by Crippen LogP contribution is -2.52. The molecule has 0 spiro atoms. The zero-order valence-corrected chi connectivity index (χ0v) is 21.0. The highest BCUT2D eigenvalue weighted by Crippen LogP contribution is 2.24. The Labute approximate surface area is 206 Å². The molecule has 35 heavy (non-hydrogen) atoms. The van der Waals surface area contributed by atoms with Crippen LogP contribution in [0.5, 0.6) is 0 Å². The van der Waals surface area contributed by atoms with Crippen molar-refractivity contribution in [2.75, 3.05) is 37.6 Å². The first-order valence-electron chi connectivity index (χ1n) is 12.2. The lowest BCUT2D eigenvalue weighted by Gasteiger charge is -2.36. The summed E-state index contributed by atoms with van der Waals surface area (Å²) in [5, 5.41) is 2.80. The smallest absolute Gasteiger partial charge is 0.325 e. The molecule has 0 bridgehead atoms. The number of aryl methyl sites for hydroxylation is 2. The number of rotatable bonds is 7. The number of hydrogen-bond acceptors (Lipinski definition) is 6. The van der Waals surface area contributed by atoms with Crippen molar-refractivity contribution in [1.29, 1.82) is 0 Å². The molecule has 2 saturated heterocycles. The van der Waals surface area contributed by atoms with Gasteiger partial charge >= 0.3 is 6.03 Å². The molecule has 3 heterocycles. The summed E-state index contributed by atoms with van der Waals surface area (Å²) >= 11 is 0. The Morgan fingerprint density at radius 3 is 2.43 bits per heavy atom. The number of nitrogens with zero attached hydrogens (tertiary/aromatic N) is 5. The van der Waals surface area contributed by atoms with Gasteiger partial charge in [0, 0.05) is 43.9 Å². The van der Waals surface area contributed by atoms with Gasteiger partial charge in [0.05, 0.1) is 0 Å². The minimum atomic E-state index is -1.01. The van der Waals surface area contributed by atoms with Crippen LogP contribution in [0, 0.1) is 6.92 Å². The van der Waals surface area contributed by atoms with Crippen molar-refractivity contribution in [3.63, 3.8) is 0 Å². The van der Waals surface area contributed by atoms with E-state index in [2.05, 4.69) is 29.0 Å². The second kappa shape index (κ2) is 10.0. The Morgan fingerprint density at radius 1 is 1.09 bits per heavy atom. The fourth-order valence-electron chi connectivity index (χ4n) is 4.51. The third kappa shape index (κ3) is 5.44. The highest BCUT2D eigenvalue weighted by molar-refractivity contribution is 6.08. The largest absolute Gasteiger partial charge is 0.353 e. The van der Waals surface area contributed by atoms with Crippen molar-refractivity contribution in [2.24, 2.45) is 0 Å². The first kappa shape index (κ1) is 24.6. The molecule has 0 radical (unpaired) electrons. The first-order chi connectivity index (χ1) is 16.7. The van der Waals surface area contributed by atoms with E-state index < -0.39 is 11.6 Å². The number of hydrogen-bond donors (Lipinski definition) is 1. The number of urea groups is 1. The third-order valence-corrected chi connectivity index (χ3v) is 6.73. The molecule has 1 atom stereocenters. The van der Waals surface area contributed by atoms with Gasteiger partial charge in [-0.1, -0.05) is 44.2 Å². The van der Waals surface area contributed by atoms with Crippen LogP contribution in [0.1, 0.15) is 50.2 Å². The molecular formula is C26H34N6O3. The maximum absolute atomic E-state index is 13.1. The zero-order chi connectivity index (χ0) is 25.2. The Balaban J connectivity index is 1.33. The normalized spacial score (nSPS) is 20.5. The van der Waals surface area contributed by atoms with Crippen molar-refractivity contribution in [1.82, 2.24) is 25.1 Å². The Kier molecular flexibility index (Phi) is 7.05. The number of anilines is 1. The molecular weight excluding hydrogens is 444 g/mol. The molecule has 1 aromatic carbocycles. The van der Waals surface area contributed by atoms with E-state index in [1.54, 1.807) is 11.8 Å². The molecule has 0 aliphatic carbocycles. The summed E-state index contributed by atoms with van der Waals surface area (Å²) in [5.74, 6) is 1.35. The van der Waals surface area contributed by atoms with Gasteiger partial charge in [-0.25, -0.2) is 14.8 Å². The summed E-state index contributed by atoms with van der Waals surface area (Å²) in [4.78, 5) is 52.8. The summed E-state index contributed by atoms with van der Waals surface area (Å²) in [7, 11) is 0. The molecule has 2 aliphatic rings. The van der Waals surface area contributed by atoms with Gasteiger partial charge in [0.15, 0.2) is 0 Å². The number of benzene rings is 1. The quantitative estimate of drug-likeness (QED) is 0.614. The number of imide groups is 1. The summed E-state index contributed by atoms with van der Waals surface area (Å²) in [6, 6.07) is 11.3. The van der Waals surface area contributed by atoms with Gasteiger partial charge < -0.3 is 15.1 Å². The van der Waals surface area contributed by atoms with Gasteiger partial charge in [-0.3, -0.25) is 14.5 Å². The van der Waals surface area contributed by atoms with Crippen LogP contribution in [0.25, 0.3) is 0 Å². The third-order valence-electron chi connectivity index (χ3n) is 6.73. The SMILES string of the molecule is Cc1cc(N2CCN(C(=O)CN3C(=O)N[C@](C)(CCc4ccccc4)C3=O)CC2)nc(C(C)C)n1.